The van der Waals surface area contributed by atoms with Crippen LogP contribution in [0.1, 0.15) is 49.9 Å². The second-order valence-electron chi connectivity index (χ2n) is 21.8. The summed E-state index contributed by atoms with van der Waals surface area (Å²) in [7, 11) is 0. The SMILES string of the molecule is CC1(C)c2cc(N(c3ccc(-c4ccc(N(c5ccc(-c6ccccc6)cc5)c5ccc(-c6ccccc6)cc5)cc4)cc3)c3ccc4c(c3)C(C)(C)c3cc5ccccc5cc3-4)ccc2-c2cc3ccccc3cc21. The van der Waals surface area contributed by atoms with Crippen molar-refractivity contribution >= 4 is 55.7 Å². The minimum absolute atomic E-state index is 0.178. The predicted molar refractivity (Wildman–Crippen MR) is 322 cm³/mol. The van der Waals surface area contributed by atoms with E-state index in [1.807, 2.05) is 0 Å². The lowest BCUT2D eigenvalue weighted by atomic mass is 9.81. The first-order valence-electron chi connectivity index (χ1n) is 26.6. The molecule has 14 rings (SSSR count). The molecule has 2 aliphatic carbocycles. The highest BCUT2D eigenvalue weighted by Gasteiger charge is 2.38. The molecule has 0 unspecified atom stereocenters. The van der Waals surface area contributed by atoms with Crippen molar-refractivity contribution in [2.24, 2.45) is 0 Å². The molecule has 2 aliphatic rings. The summed E-state index contributed by atoms with van der Waals surface area (Å²) in [6.07, 6.45) is 0. The molecular weight excluding hydrogens is 917 g/mol. The number of nitrogens with zero attached hydrogens (tertiary/aromatic N) is 2. The van der Waals surface area contributed by atoms with Crippen LogP contribution < -0.4 is 9.80 Å². The molecular formula is C74H56N2. The van der Waals surface area contributed by atoms with E-state index in [0.717, 1.165) is 45.3 Å². The zero-order chi connectivity index (χ0) is 51.1. The van der Waals surface area contributed by atoms with Gasteiger partial charge in [0.25, 0.3) is 0 Å². The largest absolute Gasteiger partial charge is 0.311 e. The monoisotopic (exact) mass is 972 g/mol. The van der Waals surface area contributed by atoms with Crippen LogP contribution in [-0.2, 0) is 10.8 Å². The maximum atomic E-state index is 2.47. The maximum absolute atomic E-state index is 2.47. The average Bonchev–Trinajstić information content (AvgIpc) is 4.01. The molecule has 0 bridgehead atoms. The predicted octanol–water partition coefficient (Wildman–Crippen LogP) is 20.5. The molecule has 0 atom stereocenters. The van der Waals surface area contributed by atoms with Crippen molar-refractivity contribution in [3.63, 3.8) is 0 Å². The maximum Gasteiger partial charge on any atom is 0.0465 e. The summed E-state index contributed by atoms with van der Waals surface area (Å²) in [5.74, 6) is 0. The van der Waals surface area contributed by atoms with Crippen LogP contribution in [-0.4, -0.2) is 0 Å². The van der Waals surface area contributed by atoms with Gasteiger partial charge in [0.1, 0.15) is 0 Å². The van der Waals surface area contributed by atoms with Gasteiger partial charge in [0.2, 0.25) is 0 Å². The third kappa shape index (κ3) is 7.55. The molecule has 0 saturated heterocycles. The van der Waals surface area contributed by atoms with E-state index in [-0.39, 0.29) is 10.8 Å². The van der Waals surface area contributed by atoms with Gasteiger partial charge in [0.05, 0.1) is 0 Å². The molecule has 2 nitrogen and oxygen atoms in total. The third-order valence-electron chi connectivity index (χ3n) is 16.6. The van der Waals surface area contributed by atoms with Gasteiger partial charge < -0.3 is 9.80 Å². The topological polar surface area (TPSA) is 6.48 Å². The minimum atomic E-state index is -0.178. The Labute approximate surface area is 446 Å². The minimum Gasteiger partial charge on any atom is -0.311 e. The molecule has 0 fully saturated rings. The van der Waals surface area contributed by atoms with Crippen LogP contribution in [0.5, 0.6) is 0 Å². The Morgan fingerprint density at radius 3 is 0.789 bits per heavy atom. The van der Waals surface area contributed by atoms with Crippen LogP contribution in [0.25, 0.3) is 77.2 Å². The smallest absolute Gasteiger partial charge is 0.0465 e. The fourth-order valence-electron chi connectivity index (χ4n) is 12.5. The van der Waals surface area contributed by atoms with Gasteiger partial charge in [-0.25, -0.2) is 0 Å². The zero-order valence-corrected chi connectivity index (χ0v) is 43.3. The van der Waals surface area contributed by atoms with E-state index in [2.05, 4.69) is 304 Å². The van der Waals surface area contributed by atoms with Gasteiger partial charge in [-0.1, -0.05) is 198 Å². The summed E-state index contributed by atoms with van der Waals surface area (Å²) in [6, 6.07) is 98.7. The average molecular weight is 973 g/mol. The second-order valence-corrected chi connectivity index (χ2v) is 21.8. The van der Waals surface area contributed by atoms with E-state index in [9.17, 15) is 0 Å². The van der Waals surface area contributed by atoms with E-state index in [0.29, 0.717) is 0 Å². The Hall–Kier alpha value is -9.24. The van der Waals surface area contributed by atoms with Crippen LogP contribution >= 0.6 is 0 Å². The quantitative estimate of drug-likeness (QED) is 0.142. The van der Waals surface area contributed by atoms with E-state index in [1.54, 1.807) is 0 Å². The van der Waals surface area contributed by atoms with Gasteiger partial charge in [0, 0.05) is 45.0 Å². The second kappa shape index (κ2) is 17.7. The first-order chi connectivity index (χ1) is 37.2. The van der Waals surface area contributed by atoms with E-state index in [4.69, 9.17) is 0 Å². The van der Waals surface area contributed by atoms with Crippen molar-refractivity contribution in [3.8, 4) is 55.6 Å². The molecule has 0 heterocycles. The number of rotatable bonds is 9. The first kappa shape index (κ1) is 45.4. The lowest BCUT2D eigenvalue weighted by molar-refractivity contribution is 0.661. The Bertz CT molecular complexity index is 3940. The summed E-state index contributed by atoms with van der Waals surface area (Å²) in [4.78, 5) is 4.83. The lowest BCUT2D eigenvalue weighted by Gasteiger charge is -2.30. The summed E-state index contributed by atoms with van der Waals surface area (Å²) < 4.78 is 0. The van der Waals surface area contributed by atoms with Gasteiger partial charge in [-0.3, -0.25) is 0 Å². The zero-order valence-electron chi connectivity index (χ0n) is 43.3. The summed E-state index contributed by atoms with van der Waals surface area (Å²) in [6.45, 7) is 9.56. The molecule has 12 aromatic carbocycles. The molecule has 0 saturated carbocycles. The van der Waals surface area contributed by atoms with Gasteiger partial charge in [0.15, 0.2) is 0 Å². The highest BCUT2D eigenvalue weighted by Crippen LogP contribution is 2.54. The first-order valence-corrected chi connectivity index (χ1v) is 26.6. The number of anilines is 6. The fraction of sp³-hybridized carbons (Fsp3) is 0.0811. The molecule has 0 aliphatic heterocycles. The van der Waals surface area contributed by atoms with Gasteiger partial charge in [-0.05, 0) is 196 Å². The van der Waals surface area contributed by atoms with Crippen molar-refractivity contribution in [2.45, 2.75) is 38.5 Å². The molecule has 0 N–H and O–H groups in total. The summed E-state index contributed by atoms with van der Waals surface area (Å²) in [5.41, 5.74) is 24.3. The van der Waals surface area contributed by atoms with Gasteiger partial charge >= 0.3 is 0 Å². The Morgan fingerprint density at radius 2 is 0.461 bits per heavy atom. The summed E-state index contributed by atoms with van der Waals surface area (Å²) in [5, 5.41) is 5.13. The highest BCUT2D eigenvalue weighted by atomic mass is 15.1. The van der Waals surface area contributed by atoms with E-state index >= 15 is 0 Å². The lowest BCUT2D eigenvalue weighted by Crippen LogP contribution is -2.18. The van der Waals surface area contributed by atoms with E-state index < -0.39 is 0 Å². The highest BCUT2D eigenvalue weighted by molar-refractivity contribution is 5.97. The van der Waals surface area contributed by atoms with Crippen molar-refractivity contribution in [2.75, 3.05) is 9.80 Å². The third-order valence-corrected chi connectivity index (χ3v) is 16.6. The van der Waals surface area contributed by atoms with Crippen LogP contribution in [0.15, 0.2) is 267 Å². The van der Waals surface area contributed by atoms with Crippen molar-refractivity contribution < 1.29 is 0 Å². The van der Waals surface area contributed by atoms with Crippen molar-refractivity contribution in [3.05, 3.63) is 289 Å². The Balaban J connectivity index is 0.837. The van der Waals surface area contributed by atoms with E-state index in [1.165, 1.54) is 88.3 Å². The van der Waals surface area contributed by atoms with Crippen molar-refractivity contribution in [1.29, 1.82) is 0 Å². The van der Waals surface area contributed by atoms with Crippen LogP contribution in [0.4, 0.5) is 34.1 Å². The number of benzene rings is 12. The summed E-state index contributed by atoms with van der Waals surface area (Å²) >= 11 is 0. The molecule has 76 heavy (non-hydrogen) atoms. The standard InChI is InChI=1S/C74H56N2/c1-73(2)69-45-57-21-13-11-19-55(57)43-67(69)65-41-39-63(47-71(65)73)76(64-40-42-66-68-44-56-20-12-14-22-58(56)46-70(68)74(3,4)72(66)48-64)62-37-29-54(30-38-62)53-27-35-61(36-28-53)75(59-31-23-51(24-32-59)49-15-7-5-8-16-49)60-33-25-52(26-34-60)50-17-9-6-10-18-50/h5-48H,1-4H3. The number of fused-ring (bicyclic) bond motifs is 8. The fourth-order valence-corrected chi connectivity index (χ4v) is 12.5. The van der Waals surface area contributed by atoms with Crippen molar-refractivity contribution in [1.82, 2.24) is 0 Å². The molecule has 0 radical (unpaired) electrons. The number of hydrogen-bond acceptors (Lipinski definition) is 2. The van der Waals surface area contributed by atoms with Crippen LogP contribution in [0.3, 0.4) is 0 Å². The normalized spacial score (nSPS) is 13.5. The Kier molecular flexibility index (Phi) is 10.6. The Morgan fingerprint density at radius 1 is 0.211 bits per heavy atom. The molecule has 362 valence electrons. The van der Waals surface area contributed by atoms with Crippen LogP contribution in [0, 0.1) is 0 Å². The molecule has 2 heteroatoms. The molecule has 0 spiro atoms. The molecule has 0 amide bonds. The van der Waals surface area contributed by atoms with Crippen LogP contribution in [0.2, 0.25) is 0 Å². The number of hydrogen-bond donors (Lipinski definition) is 0. The molecule has 0 aromatic heterocycles. The van der Waals surface area contributed by atoms with Gasteiger partial charge in [-0.2, -0.15) is 0 Å². The molecule has 12 aromatic rings. The van der Waals surface area contributed by atoms with Gasteiger partial charge in [-0.15, -0.1) is 0 Å².